The minimum atomic E-state index is 0.0440. The number of methoxy groups -OCH3 is 1. The van der Waals surface area contributed by atoms with Crippen LogP contribution in [0.25, 0.3) is 0 Å². The molecule has 0 aliphatic rings. The third-order valence-electron chi connectivity index (χ3n) is 2.18. The summed E-state index contributed by atoms with van der Waals surface area (Å²) >= 11 is 0. The summed E-state index contributed by atoms with van der Waals surface area (Å²) in [4.78, 5) is 11.3. The van der Waals surface area contributed by atoms with Gasteiger partial charge >= 0.3 is 0 Å². The van der Waals surface area contributed by atoms with Crippen LogP contribution >= 0.6 is 0 Å². The molecule has 0 aliphatic carbocycles. The molecule has 0 aliphatic heterocycles. The van der Waals surface area contributed by atoms with Crippen molar-refractivity contribution in [2.24, 2.45) is 5.92 Å². The van der Waals surface area contributed by atoms with E-state index in [2.05, 4.69) is 24.5 Å². The molecule has 0 atom stereocenters. The fraction of sp³-hybridized carbons (Fsp3) is 0.917. The second-order valence-corrected chi connectivity index (χ2v) is 4.31. The van der Waals surface area contributed by atoms with Crippen molar-refractivity contribution >= 4 is 5.91 Å². The van der Waals surface area contributed by atoms with Crippen LogP contribution in [0.2, 0.25) is 0 Å². The average Bonchev–Trinajstić information content (AvgIpc) is 2.27. The van der Waals surface area contributed by atoms with Gasteiger partial charge in [-0.1, -0.05) is 13.8 Å². The number of carbonyl (C=O) groups excluding carboxylic acids is 1. The molecule has 0 bridgehead atoms. The summed E-state index contributed by atoms with van der Waals surface area (Å²) in [5.41, 5.74) is 0. The molecule has 0 heterocycles. The van der Waals surface area contributed by atoms with Gasteiger partial charge in [-0.2, -0.15) is 0 Å². The van der Waals surface area contributed by atoms with Crippen LogP contribution in [0.1, 0.15) is 20.3 Å². The molecule has 0 fully saturated rings. The molecule has 0 saturated heterocycles. The Labute approximate surface area is 104 Å². The standard InChI is InChI=1S/C12H26N2O3/c1-11(2)4-5-14-12(15)10-13-6-7-17-9-8-16-3/h11,13H,4-10H2,1-3H3,(H,14,15). The summed E-state index contributed by atoms with van der Waals surface area (Å²) in [5.74, 6) is 0.667. The van der Waals surface area contributed by atoms with E-state index < -0.39 is 0 Å². The molecule has 5 heteroatoms. The predicted octanol–water partition coefficient (Wildman–Crippen LogP) is 0.401. The highest BCUT2D eigenvalue weighted by molar-refractivity contribution is 5.77. The van der Waals surface area contributed by atoms with Gasteiger partial charge in [0, 0.05) is 20.2 Å². The largest absolute Gasteiger partial charge is 0.382 e. The van der Waals surface area contributed by atoms with E-state index in [4.69, 9.17) is 9.47 Å². The van der Waals surface area contributed by atoms with Crippen LogP contribution in [0.3, 0.4) is 0 Å². The van der Waals surface area contributed by atoms with Gasteiger partial charge in [0.25, 0.3) is 0 Å². The van der Waals surface area contributed by atoms with Gasteiger partial charge in [-0.25, -0.2) is 0 Å². The highest BCUT2D eigenvalue weighted by Crippen LogP contribution is 1.95. The van der Waals surface area contributed by atoms with Gasteiger partial charge in [0.1, 0.15) is 0 Å². The Morgan fingerprint density at radius 2 is 1.94 bits per heavy atom. The van der Waals surface area contributed by atoms with E-state index >= 15 is 0 Å². The Morgan fingerprint density at radius 3 is 2.59 bits per heavy atom. The van der Waals surface area contributed by atoms with Crippen molar-refractivity contribution in [1.82, 2.24) is 10.6 Å². The van der Waals surface area contributed by atoms with E-state index in [-0.39, 0.29) is 5.91 Å². The van der Waals surface area contributed by atoms with Crippen molar-refractivity contribution in [3.05, 3.63) is 0 Å². The van der Waals surface area contributed by atoms with Crippen molar-refractivity contribution in [3.8, 4) is 0 Å². The second kappa shape index (κ2) is 11.8. The van der Waals surface area contributed by atoms with E-state index in [1.807, 2.05) is 0 Å². The van der Waals surface area contributed by atoms with Gasteiger partial charge in [0.15, 0.2) is 0 Å². The van der Waals surface area contributed by atoms with Crippen molar-refractivity contribution < 1.29 is 14.3 Å². The minimum absolute atomic E-state index is 0.0440. The molecule has 0 aromatic rings. The molecule has 0 saturated carbocycles. The Hall–Kier alpha value is -0.650. The fourth-order valence-corrected chi connectivity index (χ4v) is 1.15. The second-order valence-electron chi connectivity index (χ2n) is 4.31. The number of carbonyl (C=O) groups is 1. The first-order valence-corrected chi connectivity index (χ1v) is 6.21. The lowest BCUT2D eigenvalue weighted by atomic mass is 10.1. The maximum atomic E-state index is 11.3. The van der Waals surface area contributed by atoms with Gasteiger partial charge in [-0.3, -0.25) is 4.79 Å². The molecule has 1 amide bonds. The summed E-state index contributed by atoms with van der Waals surface area (Å²) in [6, 6.07) is 0. The Bertz CT molecular complexity index is 187. The molecule has 0 aromatic carbocycles. The first kappa shape index (κ1) is 16.4. The third kappa shape index (κ3) is 13.3. The van der Waals surface area contributed by atoms with E-state index in [0.29, 0.717) is 38.8 Å². The van der Waals surface area contributed by atoms with Crippen LogP contribution in [-0.4, -0.2) is 52.5 Å². The van der Waals surface area contributed by atoms with Gasteiger partial charge in [-0.15, -0.1) is 0 Å². The Kier molecular flexibility index (Phi) is 11.4. The summed E-state index contributed by atoms with van der Waals surface area (Å²) in [6.45, 7) is 7.87. The lowest BCUT2D eigenvalue weighted by molar-refractivity contribution is -0.120. The van der Waals surface area contributed by atoms with E-state index in [1.165, 1.54) is 0 Å². The first-order chi connectivity index (χ1) is 8.16. The first-order valence-electron chi connectivity index (χ1n) is 6.21. The van der Waals surface area contributed by atoms with Crippen molar-refractivity contribution in [3.63, 3.8) is 0 Å². The molecule has 0 aromatic heterocycles. The Balaban J connectivity index is 3.16. The van der Waals surface area contributed by atoms with Gasteiger partial charge in [-0.05, 0) is 12.3 Å². The van der Waals surface area contributed by atoms with Crippen molar-refractivity contribution in [1.29, 1.82) is 0 Å². The number of rotatable bonds is 11. The third-order valence-corrected chi connectivity index (χ3v) is 2.18. The van der Waals surface area contributed by atoms with Crippen LogP contribution in [0.4, 0.5) is 0 Å². The number of ether oxygens (including phenoxy) is 2. The van der Waals surface area contributed by atoms with Gasteiger partial charge < -0.3 is 20.1 Å². The summed E-state index contributed by atoms with van der Waals surface area (Å²) in [7, 11) is 1.64. The zero-order chi connectivity index (χ0) is 12.9. The van der Waals surface area contributed by atoms with Gasteiger partial charge in [0.2, 0.25) is 5.91 Å². The van der Waals surface area contributed by atoms with E-state index in [9.17, 15) is 4.79 Å². The predicted molar refractivity (Wildman–Crippen MR) is 68.0 cm³/mol. The monoisotopic (exact) mass is 246 g/mol. The molecule has 0 rings (SSSR count). The summed E-state index contributed by atoms with van der Waals surface area (Å²) in [5, 5.41) is 5.89. The van der Waals surface area contributed by atoms with E-state index in [1.54, 1.807) is 7.11 Å². The fourth-order valence-electron chi connectivity index (χ4n) is 1.15. The number of nitrogens with one attached hydrogen (secondary N) is 2. The molecular weight excluding hydrogens is 220 g/mol. The molecule has 2 N–H and O–H groups in total. The summed E-state index contributed by atoms with van der Waals surface area (Å²) < 4.78 is 10.1. The molecule has 0 spiro atoms. The maximum absolute atomic E-state index is 11.3. The zero-order valence-corrected chi connectivity index (χ0v) is 11.3. The number of amides is 1. The maximum Gasteiger partial charge on any atom is 0.233 e. The highest BCUT2D eigenvalue weighted by Gasteiger charge is 2.00. The Morgan fingerprint density at radius 1 is 1.18 bits per heavy atom. The molecular formula is C12H26N2O3. The minimum Gasteiger partial charge on any atom is -0.382 e. The van der Waals surface area contributed by atoms with E-state index in [0.717, 1.165) is 13.0 Å². The van der Waals surface area contributed by atoms with Gasteiger partial charge in [0.05, 0.1) is 26.4 Å². The molecule has 0 unspecified atom stereocenters. The van der Waals surface area contributed by atoms with Crippen LogP contribution < -0.4 is 10.6 Å². The zero-order valence-electron chi connectivity index (χ0n) is 11.3. The number of hydrogen-bond donors (Lipinski definition) is 2. The summed E-state index contributed by atoms with van der Waals surface area (Å²) in [6.07, 6.45) is 1.02. The quantitative estimate of drug-likeness (QED) is 0.518. The topological polar surface area (TPSA) is 59.6 Å². The molecule has 5 nitrogen and oxygen atoms in total. The average molecular weight is 246 g/mol. The van der Waals surface area contributed by atoms with Crippen LogP contribution in [-0.2, 0) is 14.3 Å². The van der Waals surface area contributed by atoms with Crippen molar-refractivity contribution in [2.45, 2.75) is 20.3 Å². The normalized spacial score (nSPS) is 10.8. The van der Waals surface area contributed by atoms with Crippen LogP contribution in [0.5, 0.6) is 0 Å². The highest BCUT2D eigenvalue weighted by atomic mass is 16.5. The molecule has 17 heavy (non-hydrogen) atoms. The van der Waals surface area contributed by atoms with Crippen molar-refractivity contribution in [2.75, 3.05) is 46.6 Å². The number of hydrogen-bond acceptors (Lipinski definition) is 4. The smallest absolute Gasteiger partial charge is 0.233 e. The lowest BCUT2D eigenvalue weighted by Gasteiger charge is -2.08. The SMILES string of the molecule is COCCOCCNCC(=O)NCCC(C)C. The molecule has 0 radical (unpaired) electrons. The van der Waals surface area contributed by atoms with Crippen LogP contribution in [0, 0.1) is 5.92 Å². The lowest BCUT2D eigenvalue weighted by Crippen LogP contribution is -2.36. The van der Waals surface area contributed by atoms with Crippen LogP contribution in [0.15, 0.2) is 0 Å². The molecule has 102 valence electrons.